The van der Waals surface area contributed by atoms with E-state index < -0.39 is 18.4 Å². The number of allylic oxidation sites excluding steroid dienone is 2. The zero-order valence-corrected chi connectivity index (χ0v) is 25.9. The second kappa shape index (κ2) is 15.4. The summed E-state index contributed by atoms with van der Waals surface area (Å²) in [6, 6.07) is 7.96. The first-order valence-electron chi connectivity index (χ1n) is 11.4. The predicted octanol–water partition coefficient (Wildman–Crippen LogP) is 7.14. The Hall–Kier alpha value is -0.541. The maximum absolute atomic E-state index is 12.3. The average Bonchev–Trinajstić information content (AvgIpc) is 2.73. The second-order valence-electron chi connectivity index (χ2n) is 9.60. The molecular formula is C26H41IO4Sn. The minimum atomic E-state index is -2.17. The van der Waals surface area contributed by atoms with E-state index in [4.69, 9.17) is 14.2 Å². The maximum Gasteiger partial charge on any atom is -0.0196 e. The summed E-state index contributed by atoms with van der Waals surface area (Å²) >= 11 is 0.148. The van der Waals surface area contributed by atoms with Crippen molar-refractivity contribution in [3.63, 3.8) is 0 Å². The minimum Gasteiger partial charge on any atom is -0.0530 e. The van der Waals surface area contributed by atoms with Crippen molar-refractivity contribution in [2.45, 2.75) is 67.6 Å². The van der Waals surface area contributed by atoms with E-state index in [9.17, 15) is 4.79 Å². The number of methoxy groups -OCH3 is 1. The summed E-state index contributed by atoms with van der Waals surface area (Å²) in [6.07, 6.45) is 6.97. The zero-order valence-electron chi connectivity index (χ0n) is 20.9. The molecule has 0 heterocycles. The SMILES string of the molecule is COc1ccc(COC/C(C)=C/CC[C@@H](C)C[C@@H](CI)OC(=O)/C=[C](\C)[Sn]([CH3])([CH3])[CH3])cc1. The van der Waals surface area contributed by atoms with Crippen LogP contribution < -0.4 is 4.74 Å². The molecule has 0 amide bonds. The molecule has 0 saturated heterocycles. The average molecular weight is 663 g/mol. The number of hydrogen-bond acceptors (Lipinski definition) is 4. The van der Waals surface area contributed by atoms with Crippen LogP contribution in [-0.2, 0) is 20.9 Å². The standard InChI is InChI=1S/C23H32IO4.3CH3.Sn/c1-5-7-23(25)28-22(15-24)14-18(2)8-6-9-19(3)16-27-17-20-10-12-21(26-4)13-11-20;;;;/h7,9-13,18,22H,6,8,14-17H2,1-4H3;3*1H3;/b7-5?,19-9+;;;;/t18-,22+;;;;/m1..../s1. The molecule has 1 aromatic carbocycles. The Morgan fingerprint density at radius 2 is 1.81 bits per heavy atom. The van der Waals surface area contributed by atoms with Gasteiger partial charge in [0.05, 0.1) is 13.7 Å². The van der Waals surface area contributed by atoms with E-state index in [2.05, 4.69) is 64.3 Å². The number of carbonyl (C=O) groups is 1. The Morgan fingerprint density at radius 3 is 2.38 bits per heavy atom. The number of ether oxygens (including phenoxy) is 3. The summed E-state index contributed by atoms with van der Waals surface area (Å²) in [4.78, 5) is 19.2. The number of esters is 1. The third kappa shape index (κ3) is 12.6. The van der Waals surface area contributed by atoms with Crippen molar-refractivity contribution in [1.82, 2.24) is 0 Å². The summed E-state index contributed by atoms with van der Waals surface area (Å²) in [5.74, 6) is 1.18. The molecule has 0 aliphatic carbocycles. The van der Waals surface area contributed by atoms with E-state index in [0.717, 1.165) is 35.0 Å². The predicted molar refractivity (Wildman–Crippen MR) is 145 cm³/mol. The van der Waals surface area contributed by atoms with Crippen LogP contribution in [0.25, 0.3) is 0 Å². The Labute approximate surface area is 213 Å². The third-order valence-corrected chi connectivity index (χ3v) is 13.7. The molecule has 180 valence electrons. The second-order valence-corrected chi connectivity index (χ2v) is 25.6. The molecular weight excluding hydrogens is 622 g/mol. The third-order valence-electron chi connectivity index (χ3n) is 5.55. The van der Waals surface area contributed by atoms with Gasteiger partial charge in [0.15, 0.2) is 0 Å². The smallest absolute Gasteiger partial charge is 0.0196 e. The van der Waals surface area contributed by atoms with Crippen LogP contribution in [0.4, 0.5) is 0 Å². The molecule has 0 aliphatic heterocycles. The first-order chi connectivity index (χ1) is 15.0. The molecule has 1 aromatic rings. The zero-order chi connectivity index (χ0) is 24.1. The van der Waals surface area contributed by atoms with Crippen molar-refractivity contribution in [2.24, 2.45) is 5.92 Å². The molecule has 0 saturated carbocycles. The van der Waals surface area contributed by atoms with E-state index in [1.54, 1.807) is 13.2 Å². The molecule has 6 heteroatoms. The molecule has 0 bridgehead atoms. The van der Waals surface area contributed by atoms with Crippen molar-refractivity contribution >= 4 is 46.9 Å². The van der Waals surface area contributed by atoms with Crippen LogP contribution in [0.5, 0.6) is 5.75 Å². The van der Waals surface area contributed by atoms with Gasteiger partial charge in [0.25, 0.3) is 0 Å². The number of alkyl halides is 1. The van der Waals surface area contributed by atoms with Gasteiger partial charge in [-0.05, 0) is 17.7 Å². The van der Waals surface area contributed by atoms with Gasteiger partial charge in [0.1, 0.15) is 5.75 Å². The van der Waals surface area contributed by atoms with E-state index in [1.807, 2.05) is 24.3 Å². The molecule has 0 unspecified atom stereocenters. The van der Waals surface area contributed by atoms with Crippen LogP contribution in [0, 0.1) is 5.92 Å². The van der Waals surface area contributed by atoms with E-state index in [-0.39, 0.29) is 12.1 Å². The maximum atomic E-state index is 12.3. The Balaban J connectivity index is 2.35. The van der Waals surface area contributed by atoms with Crippen molar-refractivity contribution in [1.29, 1.82) is 0 Å². The van der Waals surface area contributed by atoms with Gasteiger partial charge in [0, 0.05) is 0 Å². The molecule has 2 atom stereocenters. The van der Waals surface area contributed by atoms with Crippen LogP contribution >= 0.6 is 22.6 Å². The molecule has 0 radical (unpaired) electrons. The van der Waals surface area contributed by atoms with Crippen LogP contribution in [0.1, 0.15) is 45.6 Å². The van der Waals surface area contributed by atoms with Gasteiger partial charge in [-0.3, -0.25) is 0 Å². The molecule has 4 nitrogen and oxygen atoms in total. The fourth-order valence-electron chi connectivity index (χ4n) is 3.03. The summed E-state index contributed by atoms with van der Waals surface area (Å²) in [7, 11) is 1.67. The molecule has 0 spiro atoms. The summed E-state index contributed by atoms with van der Waals surface area (Å²) in [5, 5.41) is 0. The fourth-order valence-corrected chi connectivity index (χ4v) is 5.14. The molecule has 0 aromatic heterocycles. The van der Waals surface area contributed by atoms with Crippen LogP contribution in [0.3, 0.4) is 0 Å². The summed E-state index contributed by atoms with van der Waals surface area (Å²) in [5.41, 5.74) is 2.39. The van der Waals surface area contributed by atoms with Crippen molar-refractivity contribution in [3.8, 4) is 5.75 Å². The number of hydrogen-bond donors (Lipinski definition) is 0. The number of carbonyl (C=O) groups excluding carboxylic acids is 1. The molecule has 0 N–H and O–H groups in total. The largest absolute Gasteiger partial charge is 0.0530 e. The Morgan fingerprint density at radius 1 is 1.16 bits per heavy atom. The van der Waals surface area contributed by atoms with Gasteiger partial charge >= 0.3 is 156 Å². The number of benzene rings is 1. The Kier molecular flexibility index (Phi) is 14.2. The summed E-state index contributed by atoms with van der Waals surface area (Å²) < 4.78 is 18.8. The van der Waals surface area contributed by atoms with Gasteiger partial charge < -0.3 is 9.47 Å². The quantitative estimate of drug-likeness (QED) is 0.0531. The first kappa shape index (κ1) is 29.5. The Bertz CT molecular complexity index is 750. The van der Waals surface area contributed by atoms with E-state index in [1.165, 1.54) is 9.16 Å². The normalized spacial score (nSPS) is 14.8. The van der Waals surface area contributed by atoms with Crippen molar-refractivity contribution < 1.29 is 19.0 Å². The summed E-state index contributed by atoms with van der Waals surface area (Å²) in [6.45, 7) is 7.67. The fraction of sp³-hybridized carbons (Fsp3) is 0.577. The molecule has 1 rings (SSSR count). The first-order valence-corrected chi connectivity index (χ1v) is 22.9. The van der Waals surface area contributed by atoms with E-state index >= 15 is 0 Å². The topological polar surface area (TPSA) is 44.8 Å². The number of halogens is 1. The van der Waals surface area contributed by atoms with Gasteiger partial charge in [0.2, 0.25) is 0 Å². The van der Waals surface area contributed by atoms with Gasteiger partial charge in [-0.15, -0.1) is 0 Å². The number of rotatable bonds is 14. The van der Waals surface area contributed by atoms with Gasteiger partial charge in [-0.25, -0.2) is 0 Å². The molecule has 0 aliphatic rings. The van der Waals surface area contributed by atoms with Crippen LogP contribution in [0.2, 0.25) is 14.8 Å². The van der Waals surface area contributed by atoms with Crippen molar-refractivity contribution in [2.75, 3.05) is 18.1 Å². The van der Waals surface area contributed by atoms with Crippen LogP contribution in [-0.4, -0.2) is 48.6 Å². The van der Waals surface area contributed by atoms with Gasteiger partial charge in [-0.2, -0.15) is 0 Å². The monoisotopic (exact) mass is 664 g/mol. The van der Waals surface area contributed by atoms with Crippen molar-refractivity contribution in [3.05, 3.63) is 51.1 Å². The molecule has 32 heavy (non-hydrogen) atoms. The van der Waals surface area contributed by atoms with Crippen LogP contribution in [0.15, 0.2) is 45.6 Å². The molecule has 0 fully saturated rings. The van der Waals surface area contributed by atoms with E-state index in [0.29, 0.717) is 19.1 Å². The minimum absolute atomic E-state index is 0.0183. The van der Waals surface area contributed by atoms with Gasteiger partial charge in [-0.1, -0.05) is 12.1 Å².